The first kappa shape index (κ1) is 28.7. The van der Waals surface area contributed by atoms with E-state index in [1.165, 1.54) is 4.90 Å². The number of carbonyl (C=O) groups is 2. The van der Waals surface area contributed by atoms with Crippen LogP contribution in [0.25, 0.3) is 5.76 Å². The lowest BCUT2D eigenvalue weighted by Gasteiger charge is -2.26. The van der Waals surface area contributed by atoms with E-state index in [0.29, 0.717) is 35.0 Å². The molecule has 0 saturated carbocycles. The third-order valence-electron chi connectivity index (χ3n) is 6.79. The summed E-state index contributed by atoms with van der Waals surface area (Å²) in [6.07, 6.45) is 3.17. The van der Waals surface area contributed by atoms with E-state index in [4.69, 9.17) is 14.2 Å². The summed E-state index contributed by atoms with van der Waals surface area (Å²) in [4.78, 5) is 28.4. The molecule has 7 nitrogen and oxygen atoms in total. The summed E-state index contributed by atoms with van der Waals surface area (Å²) in [5.74, 6) is 0.316. The number of unbranched alkanes of at least 4 members (excludes halogenated alkanes) is 2. The number of aliphatic hydroxyl groups excluding tert-OH is 1. The van der Waals surface area contributed by atoms with Crippen molar-refractivity contribution in [3.8, 4) is 17.2 Å². The van der Waals surface area contributed by atoms with Crippen molar-refractivity contribution in [1.82, 2.24) is 4.90 Å². The first-order valence-electron chi connectivity index (χ1n) is 13.7. The number of aliphatic hydroxyl groups is 1. The molecule has 3 aromatic rings. The van der Waals surface area contributed by atoms with Crippen molar-refractivity contribution in [3.05, 3.63) is 95.1 Å². The summed E-state index contributed by atoms with van der Waals surface area (Å²) >= 11 is 0. The van der Waals surface area contributed by atoms with Crippen LogP contribution in [0, 0.1) is 0 Å². The van der Waals surface area contributed by atoms with Crippen LogP contribution in [0.2, 0.25) is 0 Å². The fraction of sp³-hybridized carbons (Fsp3) is 0.333. The van der Waals surface area contributed by atoms with E-state index < -0.39 is 17.7 Å². The van der Waals surface area contributed by atoms with Gasteiger partial charge in [-0.15, -0.1) is 0 Å². The largest absolute Gasteiger partial charge is 0.507 e. The highest BCUT2D eigenvalue weighted by atomic mass is 16.5. The molecule has 1 atom stereocenters. The predicted octanol–water partition coefficient (Wildman–Crippen LogP) is 6.67. The number of amides is 1. The minimum Gasteiger partial charge on any atom is -0.507 e. The highest BCUT2D eigenvalue weighted by Crippen LogP contribution is 2.41. The molecule has 0 spiro atoms. The minimum atomic E-state index is -0.803. The lowest BCUT2D eigenvalue weighted by atomic mass is 9.95. The van der Waals surface area contributed by atoms with Gasteiger partial charge < -0.3 is 24.2 Å². The molecule has 7 heteroatoms. The zero-order valence-corrected chi connectivity index (χ0v) is 23.6. The lowest BCUT2D eigenvalue weighted by molar-refractivity contribution is -0.140. The number of Topliss-reactive ketones (excluding diaryl/α,β-unsaturated/α-hetero) is 1. The molecular formula is C33H37NO6. The van der Waals surface area contributed by atoms with Gasteiger partial charge >= 0.3 is 0 Å². The van der Waals surface area contributed by atoms with Gasteiger partial charge in [0.2, 0.25) is 0 Å². The van der Waals surface area contributed by atoms with Gasteiger partial charge in [-0.1, -0.05) is 50.1 Å². The zero-order valence-electron chi connectivity index (χ0n) is 23.6. The molecule has 0 aromatic heterocycles. The average molecular weight is 544 g/mol. The number of rotatable bonds is 12. The Bertz CT molecular complexity index is 1340. The van der Waals surface area contributed by atoms with Gasteiger partial charge in [0.05, 0.1) is 38.0 Å². The number of ether oxygens (including phenoxy) is 3. The third kappa shape index (κ3) is 6.47. The van der Waals surface area contributed by atoms with Crippen molar-refractivity contribution in [1.29, 1.82) is 0 Å². The Morgan fingerprint density at radius 3 is 2.25 bits per heavy atom. The van der Waals surface area contributed by atoms with Crippen LogP contribution in [-0.2, 0) is 16.1 Å². The van der Waals surface area contributed by atoms with Crippen molar-refractivity contribution in [2.24, 2.45) is 0 Å². The smallest absolute Gasteiger partial charge is 0.295 e. The maximum atomic E-state index is 13.5. The molecule has 1 aliphatic heterocycles. The van der Waals surface area contributed by atoms with Crippen LogP contribution in [0.15, 0.2) is 78.4 Å². The van der Waals surface area contributed by atoms with E-state index in [0.717, 1.165) is 24.8 Å². The summed E-state index contributed by atoms with van der Waals surface area (Å²) in [6, 6.07) is 20.8. The molecule has 1 unspecified atom stereocenters. The van der Waals surface area contributed by atoms with Gasteiger partial charge in [-0.3, -0.25) is 9.59 Å². The highest BCUT2D eigenvalue weighted by Gasteiger charge is 2.46. The standard InChI is InChI=1S/C33H37NO6/c1-5-6-9-20-39-26-16-14-24(15-17-26)31(35)29-30(23-12-18-27(19-13-23)40-22(2)3)34(33(37)32(29)36)21-25-10-7-8-11-28(25)38-4/h7-8,10-19,22,30,35H,5-6,9,20-21H2,1-4H3/b31-29+. The average Bonchev–Trinajstić information content (AvgIpc) is 3.20. The van der Waals surface area contributed by atoms with E-state index in [-0.39, 0.29) is 24.0 Å². The molecule has 1 N–H and O–H groups in total. The SMILES string of the molecule is CCCCCOc1ccc(/C(O)=C2\C(=O)C(=O)N(Cc3ccccc3OC)C2c2ccc(OC(C)C)cc2)cc1. The number of likely N-dealkylation sites (tertiary alicyclic amines) is 1. The van der Waals surface area contributed by atoms with E-state index in [2.05, 4.69) is 6.92 Å². The summed E-state index contributed by atoms with van der Waals surface area (Å²) in [5, 5.41) is 11.4. The number of benzene rings is 3. The number of nitrogens with zero attached hydrogens (tertiary/aromatic N) is 1. The second-order valence-corrected chi connectivity index (χ2v) is 10.1. The van der Waals surface area contributed by atoms with Crippen LogP contribution in [0.1, 0.15) is 62.8 Å². The summed E-state index contributed by atoms with van der Waals surface area (Å²) < 4.78 is 17.1. The van der Waals surface area contributed by atoms with Crippen LogP contribution in [0.5, 0.6) is 17.2 Å². The van der Waals surface area contributed by atoms with Gasteiger partial charge in [0.1, 0.15) is 23.0 Å². The van der Waals surface area contributed by atoms with Crippen molar-refractivity contribution in [3.63, 3.8) is 0 Å². The van der Waals surface area contributed by atoms with E-state index in [1.54, 1.807) is 31.4 Å². The summed E-state index contributed by atoms with van der Waals surface area (Å²) in [7, 11) is 1.56. The van der Waals surface area contributed by atoms with Gasteiger partial charge in [0, 0.05) is 11.1 Å². The van der Waals surface area contributed by atoms with Crippen LogP contribution in [-0.4, -0.2) is 41.5 Å². The van der Waals surface area contributed by atoms with E-state index >= 15 is 0 Å². The molecule has 1 aliphatic rings. The van der Waals surface area contributed by atoms with Crippen LogP contribution in [0.3, 0.4) is 0 Å². The topological polar surface area (TPSA) is 85.3 Å². The minimum absolute atomic E-state index is 0.000581. The quantitative estimate of drug-likeness (QED) is 0.119. The maximum Gasteiger partial charge on any atom is 0.295 e. The molecule has 4 rings (SSSR count). The molecule has 1 fully saturated rings. The van der Waals surface area contributed by atoms with Crippen molar-refractivity contribution < 1.29 is 28.9 Å². The normalized spacial score (nSPS) is 16.4. The number of hydrogen-bond donors (Lipinski definition) is 1. The molecule has 1 amide bonds. The maximum absolute atomic E-state index is 13.5. The zero-order chi connectivity index (χ0) is 28.6. The molecule has 1 heterocycles. The number of hydrogen-bond acceptors (Lipinski definition) is 6. The number of para-hydroxylation sites is 1. The predicted molar refractivity (Wildman–Crippen MR) is 155 cm³/mol. The van der Waals surface area contributed by atoms with E-state index in [9.17, 15) is 14.7 Å². The summed E-state index contributed by atoms with van der Waals surface area (Å²) in [6.45, 7) is 6.77. The number of ketones is 1. The molecule has 0 aliphatic carbocycles. The first-order chi connectivity index (χ1) is 19.3. The number of carbonyl (C=O) groups excluding carboxylic acids is 2. The fourth-order valence-electron chi connectivity index (χ4n) is 4.81. The Balaban J connectivity index is 1.73. The Hall–Kier alpha value is -4.26. The molecule has 210 valence electrons. The second-order valence-electron chi connectivity index (χ2n) is 10.1. The Kier molecular flexibility index (Phi) is 9.48. The lowest BCUT2D eigenvalue weighted by Crippen LogP contribution is -2.29. The fourth-order valence-corrected chi connectivity index (χ4v) is 4.81. The van der Waals surface area contributed by atoms with Crippen LogP contribution in [0.4, 0.5) is 0 Å². The molecule has 1 saturated heterocycles. The molecule has 0 radical (unpaired) electrons. The van der Waals surface area contributed by atoms with Gasteiger partial charge in [-0.2, -0.15) is 0 Å². The Morgan fingerprint density at radius 2 is 1.60 bits per heavy atom. The molecule has 0 bridgehead atoms. The second kappa shape index (κ2) is 13.2. The van der Waals surface area contributed by atoms with Crippen LogP contribution < -0.4 is 14.2 Å². The Labute approximate surface area is 236 Å². The molecule has 3 aromatic carbocycles. The Morgan fingerprint density at radius 1 is 0.925 bits per heavy atom. The van der Waals surface area contributed by atoms with Gasteiger partial charge in [0.25, 0.3) is 11.7 Å². The van der Waals surface area contributed by atoms with Gasteiger partial charge in [0.15, 0.2) is 0 Å². The van der Waals surface area contributed by atoms with Crippen molar-refractivity contribution in [2.45, 2.75) is 58.7 Å². The third-order valence-corrected chi connectivity index (χ3v) is 6.79. The number of methoxy groups -OCH3 is 1. The first-order valence-corrected chi connectivity index (χ1v) is 13.7. The highest BCUT2D eigenvalue weighted by molar-refractivity contribution is 6.46. The van der Waals surface area contributed by atoms with Crippen LogP contribution >= 0.6 is 0 Å². The van der Waals surface area contributed by atoms with Gasteiger partial charge in [-0.25, -0.2) is 0 Å². The van der Waals surface area contributed by atoms with Gasteiger partial charge in [-0.05, 0) is 68.3 Å². The summed E-state index contributed by atoms with van der Waals surface area (Å²) in [5.41, 5.74) is 1.90. The van der Waals surface area contributed by atoms with Crippen molar-refractivity contribution in [2.75, 3.05) is 13.7 Å². The van der Waals surface area contributed by atoms with E-state index in [1.807, 2.05) is 62.4 Å². The molecular weight excluding hydrogens is 506 g/mol. The monoisotopic (exact) mass is 543 g/mol. The molecule has 40 heavy (non-hydrogen) atoms. The van der Waals surface area contributed by atoms with Crippen molar-refractivity contribution >= 4 is 17.4 Å².